The van der Waals surface area contributed by atoms with Crippen molar-refractivity contribution in [1.29, 1.82) is 0 Å². The van der Waals surface area contributed by atoms with Crippen molar-refractivity contribution in [2.24, 2.45) is 5.73 Å². The second-order valence-corrected chi connectivity index (χ2v) is 11.0. The third-order valence-corrected chi connectivity index (χ3v) is 8.66. The number of thiazole rings is 1. The SMILES string of the molecule is COC(=O)C(N)c1ccc(C(=O)Nc2nc(-c3ccc(F)cc3)c(N3CCN(C4CCCCC4)CC3)s2)cc1. The van der Waals surface area contributed by atoms with Gasteiger partial charge in [0.2, 0.25) is 0 Å². The molecule has 206 valence electrons. The summed E-state index contributed by atoms with van der Waals surface area (Å²) in [6, 6.07) is 12.6. The molecule has 2 aromatic carbocycles. The number of rotatable bonds is 7. The van der Waals surface area contributed by atoms with Crippen LogP contribution >= 0.6 is 11.3 Å². The highest BCUT2D eigenvalue weighted by Gasteiger charge is 2.28. The summed E-state index contributed by atoms with van der Waals surface area (Å²) in [5.41, 5.74) is 8.40. The smallest absolute Gasteiger partial charge is 0.327 e. The van der Waals surface area contributed by atoms with E-state index in [-0.39, 0.29) is 11.7 Å². The molecule has 1 aromatic heterocycles. The molecule has 1 aliphatic heterocycles. The van der Waals surface area contributed by atoms with Crippen LogP contribution in [0.3, 0.4) is 0 Å². The van der Waals surface area contributed by atoms with Crippen LogP contribution in [0.2, 0.25) is 0 Å². The molecule has 2 aliphatic rings. The van der Waals surface area contributed by atoms with Crippen LogP contribution in [0, 0.1) is 5.82 Å². The quantitative estimate of drug-likeness (QED) is 0.406. The van der Waals surface area contributed by atoms with Gasteiger partial charge in [0.15, 0.2) is 5.13 Å². The molecule has 3 N–H and O–H groups in total. The highest BCUT2D eigenvalue weighted by molar-refractivity contribution is 7.20. The lowest BCUT2D eigenvalue weighted by Gasteiger charge is -2.41. The number of piperazine rings is 1. The van der Waals surface area contributed by atoms with E-state index in [9.17, 15) is 14.0 Å². The number of nitrogens with one attached hydrogen (secondary N) is 1. The molecule has 1 atom stereocenters. The van der Waals surface area contributed by atoms with Gasteiger partial charge in [-0.15, -0.1) is 0 Å². The van der Waals surface area contributed by atoms with E-state index in [2.05, 4.69) is 19.9 Å². The minimum atomic E-state index is -0.912. The van der Waals surface area contributed by atoms with E-state index in [1.54, 1.807) is 36.4 Å². The number of carbonyl (C=O) groups excluding carboxylic acids is 2. The maximum absolute atomic E-state index is 13.7. The Hall–Kier alpha value is -3.34. The number of hydrogen-bond donors (Lipinski definition) is 2. The Morgan fingerprint density at radius 3 is 2.33 bits per heavy atom. The summed E-state index contributed by atoms with van der Waals surface area (Å²) in [5, 5.41) is 4.36. The number of anilines is 2. The molecule has 10 heteroatoms. The average molecular weight is 552 g/mol. The van der Waals surface area contributed by atoms with Crippen molar-refractivity contribution in [1.82, 2.24) is 9.88 Å². The number of methoxy groups -OCH3 is 1. The highest BCUT2D eigenvalue weighted by Crippen LogP contribution is 2.39. The Morgan fingerprint density at radius 1 is 1.03 bits per heavy atom. The molecule has 0 spiro atoms. The van der Waals surface area contributed by atoms with Crippen molar-refractivity contribution in [3.8, 4) is 11.3 Å². The fourth-order valence-electron chi connectivity index (χ4n) is 5.39. The standard InChI is InChI=1S/C29H34FN5O3S/c1-38-28(37)24(31)19-7-9-21(10-8-19)26(36)33-29-32-25(20-11-13-22(30)14-12-20)27(39-29)35-17-15-34(16-18-35)23-5-3-2-4-6-23/h7-14,23-24H,2-6,15-18,31H2,1H3,(H,32,33,36). The molecule has 1 unspecified atom stereocenters. The molecule has 5 rings (SSSR count). The van der Waals surface area contributed by atoms with Gasteiger partial charge < -0.3 is 15.4 Å². The molecular weight excluding hydrogens is 517 g/mol. The van der Waals surface area contributed by atoms with Gasteiger partial charge in [0.05, 0.1) is 7.11 Å². The van der Waals surface area contributed by atoms with Crippen molar-refractivity contribution >= 4 is 33.3 Å². The van der Waals surface area contributed by atoms with Crippen molar-refractivity contribution in [2.75, 3.05) is 43.5 Å². The third kappa shape index (κ3) is 6.29. The molecule has 0 bridgehead atoms. The first-order valence-electron chi connectivity index (χ1n) is 13.4. The first kappa shape index (κ1) is 27.2. The van der Waals surface area contributed by atoms with Crippen LogP contribution in [-0.4, -0.2) is 61.1 Å². The number of nitrogens with zero attached hydrogens (tertiary/aromatic N) is 3. The van der Waals surface area contributed by atoms with Gasteiger partial charge in [0, 0.05) is 43.3 Å². The van der Waals surface area contributed by atoms with Crippen molar-refractivity contribution in [3.05, 3.63) is 65.5 Å². The van der Waals surface area contributed by atoms with Crippen molar-refractivity contribution < 1.29 is 18.7 Å². The van der Waals surface area contributed by atoms with Crippen LogP contribution in [0.1, 0.15) is 54.1 Å². The van der Waals surface area contributed by atoms with E-state index in [1.165, 1.54) is 62.7 Å². The number of halogens is 1. The van der Waals surface area contributed by atoms with Gasteiger partial charge >= 0.3 is 5.97 Å². The summed E-state index contributed by atoms with van der Waals surface area (Å²) >= 11 is 1.43. The second kappa shape index (κ2) is 12.2. The van der Waals surface area contributed by atoms with Crippen molar-refractivity contribution in [2.45, 2.75) is 44.2 Å². The molecule has 39 heavy (non-hydrogen) atoms. The highest BCUT2D eigenvalue weighted by atomic mass is 32.1. The molecule has 1 amide bonds. The molecule has 3 aromatic rings. The van der Waals surface area contributed by atoms with Gasteiger partial charge in [-0.25, -0.2) is 9.37 Å². The van der Waals surface area contributed by atoms with Crippen LogP contribution < -0.4 is 16.0 Å². The Kier molecular flexibility index (Phi) is 8.54. The summed E-state index contributed by atoms with van der Waals surface area (Å²) in [5.74, 6) is -1.17. The Bertz CT molecular complexity index is 1280. The maximum atomic E-state index is 13.7. The van der Waals surface area contributed by atoms with Gasteiger partial charge in [-0.2, -0.15) is 0 Å². The van der Waals surface area contributed by atoms with Gasteiger partial charge in [-0.1, -0.05) is 42.7 Å². The van der Waals surface area contributed by atoms with E-state index in [4.69, 9.17) is 10.7 Å². The number of aromatic nitrogens is 1. The van der Waals surface area contributed by atoms with E-state index in [0.29, 0.717) is 22.3 Å². The molecular formula is C29H34FN5O3S. The number of hydrogen-bond acceptors (Lipinski definition) is 8. The molecule has 1 saturated carbocycles. The summed E-state index contributed by atoms with van der Waals surface area (Å²) in [7, 11) is 1.28. The number of ether oxygens (including phenoxy) is 1. The average Bonchev–Trinajstić information content (AvgIpc) is 3.41. The summed E-state index contributed by atoms with van der Waals surface area (Å²) in [4.78, 5) is 34.5. The molecule has 2 fully saturated rings. The lowest BCUT2D eigenvalue weighted by atomic mass is 9.94. The Balaban J connectivity index is 1.33. The van der Waals surface area contributed by atoms with Crippen LogP contribution in [-0.2, 0) is 9.53 Å². The molecule has 2 heterocycles. The van der Waals surface area contributed by atoms with Gasteiger partial charge in [0.1, 0.15) is 22.6 Å². The minimum absolute atomic E-state index is 0.305. The zero-order valence-electron chi connectivity index (χ0n) is 22.1. The van der Waals surface area contributed by atoms with Gasteiger partial charge in [-0.05, 0) is 54.8 Å². The normalized spacial score (nSPS) is 17.6. The first-order chi connectivity index (χ1) is 18.9. The fraction of sp³-hybridized carbons (Fsp3) is 0.414. The predicted octanol–water partition coefficient (Wildman–Crippen LogP) is 4.83. The molecule has 8 nitrogen and oxygen atoms in total. The lowest BCUT2D eigenvalue weighted by Crippen LogP contribution is -2.50. The Labute approximate surface area is 232 Å². The largest absolute Gasteiger partial charge is 0.468 e. The third-order valence-electron chi connectivity index (χ3n) is 7.63. The number of carbonyl (C=O) groups is 2. The number of benzene rings is 2. The summed E-state index contributed by atoms with van der Waals surface area (Å²) in [6.07, 6.45) is 6.55. The molecule has 0 radical (unpaired) electrons. The van der Waals surface area contributed by atoms with E-state index in [1.807, 2.05) is 0 Å². The van der Waals surface area contributed by atoms with Gasteiger partial charge in [0.25, 0.3) is 5.91 Å². The van der Waals surface area contributed by atoms with Crippen LogP contribution in [0.5, 0.6) is 0 Å². The van der Waals surface area contributed by atoms with Crippen LogP contribution in [0.15, 0.2) is 48.5 Å². The minimum Gasteiger partial charge on any atom is -0.468 e. The molecule has 1 saturated heterocycles. The number of nitrogens with two attached hydrogens (primary N) is 1. The number of amides is 1. The predicted molar refractivity (Wildman–Crippen MR) is 152 cm³/mol. The van der Waals surface area contributed by atoms with E-state index >= 15 is 0 Å². The maximum Gasteiger partial charge on any atom is 0.327 e. The van der Waals surface area contributed by atoms with Gasteiger partial charge in [-0.3, -0.25) is 19.8 Å². The van der Waals surface area contributed by atoms with Crippen LogP contribution in [0.25, 0.3) is 11.3 Å². The van der Waals surface area contributed by atoms with Crippen LogP contribution in [0.4, 0.5) is 14.5 Å². The summed E-state index contributed by atoms with van der Waals surface area (Å²) < 4.78 is 18.3. The Morgan fingerprint density at radius 2 is 1.69 bits per heavy atom. The fourth-order valence-corrected chi connectivity index (χ4v) is 6.42. The van der Waals surface area contributed by atoms with E-state index < -0.39 is 12.0 Å². The monoisotopic (exact) mass is 551 g/mol. The number of esters is 1. The zero-order chi connectivity index (χ0) is 27.4. The first-order valence-corrected chi connectivity index (χ1v) is 14.2. The summed E-state index contributed by atoms with van der Waals surface area (Å²) in [6.45, 7) is 3.74. The van der Waals surface area contributed by atoms with Crippen molar-refractivity contribution in [3.63, 3.8) is 0 Å². The lowest BCUT2D eigenvalue weighted by molar-refractivity contribution is -0.142. The zero-order valence-corrected chi connectivity index (χ0v) is 22.9. The topological polar surface area (TPSA) is 101 Å². The second-order valence-electron chi connectivity index (χ2n) is 10.1. The van der Waals surface area contributed by atoms with E-state index in [0.717, 1.165) is 42.4 Å². The molecule has 1 aliphatic carbocycles.